The Morgan fingerprint density at radius 2 is 2.17 bits per heavy atom. The maximum Gasteiger partial charge on any atom is 0.254 e. The molecule has 0 unspecified atom stereocenters. The van der Waals surface area contributed by atoms with Crippen LogP contribution in [0.3, 0.4) is 0 Å². The second-order valence-corrected chi connectivity index (χ2v) is 4.04. The molecule has 0 aliphatic carbocycles. The summed E-state index contributed by atoms with van der Waals surface area (Å²) < 4.78 is 18.4. The highest BCUT2D eigenvalue weighted by Crippen LogP contribution is 2.11. The number of hydrogen-bond acceptors (Lipinski definition) is 3. The fraction of sp³-hybridized carbons (Fsp3) is 0.462. The summed E-state index contributed by atoms with van der Waals surface area (Å²) in [6.07, 6.45) is 0. The molecule has 2 N–H and O–H groups in total. The minimum atomic E-state index is -0.375. The van der Waals surface area contributed by atoms with Crippen molar-refractivity contribution in [2.24, 2.45) is 5.73 Å². The topological polar surface area (TPSA) is 55.6 Å². The third-order valence-corrected chi connectivity index (χ3v) is 2.67. The number of amides is 1. The lowest BCUT2D eigenvalue weighted by Crippen LogP contribution is -2.37. The number of carbonyl (C=O) groups excluding carboxylic acids is 1. The molecule has 0 saturated heterocycles. The van der Waals surface area contributed by atoms with Crippen molar-refractivity contribution in [3.8, 4) is 0 Å². The lowest BCUT2D eigenvalue weighted by molar-refractivity contribution is 0.0701. The third-order valence-electron chi connectivity index (χ3n) is 2.67. The minimum Gasteiger partial charge on any atom is -0.383 e. The molecule has 1 aromatic carbocycles. The van der Waals surface area contributed by atoms with E-state index < -0.39 is 0 Å². The molecule has 0 saturated carbocycles. The highest BCUT2D eigenvalue weighted by Gasteiger charge is 2.15. The maximum atomic E-state index is 13.4. The highest BCUT2D eigenvalue weighted by atomic mass is 19.1. The van der Waals surface area contributed by atoms with E-state index in [9.17, 15) is 9.18 Å². The molecule has 1 rings (SSSR count). The van der Waals surface area contributed by atoms with Gasteiger partial charge >= 0.3 is 0 Å². The third kappa shape index (κ3) is 3.78. The van der Waals surface area contributed by atoms with Gasteiger partial charge in [0.25, 0.3) is 5.91 Å². The Balaban J connectivity index is 2.83. The Morgan fingerprint density at radius 3 is 2.72 bits per heavy atom. The predicted octanol–water partition coefficient (Wildman–Crippen LogP) is 1.18. The molecule has 5 heteroatoms. The Hall–Kier alpha value is -1.46. The molecule has 0 aliphatic heterocycles. The molecule has 0 atom stereocenters. The molecule has 0 bridgehead atoms. The first-order chi connectivity index (χ1) is 8.60. The van der Waals surface area contributed by atoms with Crippen LogP contribution in [0, 0.1) is 12.7 Å². The van der Waals surface area contributed by atoms with Gasteiger partial charge in [0.05, 0.1) is 6.61 Å². The second kappa shape index (κ2) is 7.08. The zero-order chi connectivity index (χ0) is 13.5. The first-order valence-corrected chi connectivity index (χ1v) is 5.84. The smallest absolute Gasteiger partial charge is 0.254 e. The molecule has 0 fully saturated rings. The molecule has 18 heavy (non-hydrogen) atoms. The van der Waals surface area contributed by atoms with E-state index in [1.165, 1.54) is 6.07 Å². The van der Waals surface area contributed by atoms with Gasteiger partial charge in [-0.05, 0) is 24.6 Å². The average Bonchev–Trinajstić information content (AvgIpc) is 2.37. The molecule has 4 nitrogen and oxygen atoms in total. The Bertz CT molecular complexity index is 410. The molecule has 1 aromatic rings. The lowest BCUT2D eigenvalue weighted by atomic mass is 10.1. The van der Waals surface area contributed by atoms with E-state index >= 15 is 0 Å². The van der Waals surface area contributed by atoms with Crippen LogP contribution in [0.5, 0.6) is 0 Å². The van der Waals surface area contributed by atoms with Gasteiger partial charge in [-0.2, -0.15) is 0 Å². The molecule has 0 aromatic heterocycles. The standard InChI is InChI=1S/C13H19FN2O2/c1-10-3-4-11(9-12(10)14)13(17)16(6-5-15)7-8-18-2/h3-4,9H,5-8,15H2,1-2H3. The number of aryl methyl sites for hydroxylation is 1. The summed E-state index contributed by atoms with van der Waals surface area (Å²) in [6.45, 7) is 3.33. The van der Waals surface area contributed by atoms with Gasteiger partial charge in [0.2, 0.25) is 0 Å². The molecular weight excluding hydrogens is 235 g/mol. The summed E-state index contributed by atoms with van der Waals surface area (Å²) in [5.41, 5.74) is 6.32. The first kappa shape index (κ1) is 14.6. The second-order valence-electron chi connectivity index (χ2n) is 4.04. The van der Waals surface area contributed by atoms with E-state index in [1.807, 2.05) is 0 Å². The van der Waals surface area contributed by atoms with Crippen LogP contribution in [-0.4, -0.2) is 44.2 Å². The molecule has 1 amide bonds. The molecule has 0 heterocycles. The Kier molecular flexibility index (Phi) is 5.74. The van der Waals surface area contributed by atoms with Gasteiger partial charge in [0.1, 0.15) is 5.82 Å². The zero-order valence-electron chi connectivity index (χ0n) is 10.8. The number of nitrogens with two attached hydrogens (primary N) is 1. The van der Waals surface area contributed by atoms with Crippen LogP contribution >= 0.6 is 0 Å². The van der Waals surface area contributed by atoms with E-state index in [4.69, 9.17) is 10.5 Å². The van der Waals surface area contributed by atoms with Crippen LogP contribution in [-0.2, 0) is 4.74 Å². The summed E-state index contributed by atoms with van der Waals surface area (Å²) in [5.74, 6) is -0.600. The van der Waals surface area contributed by atoms with Crippen LogP contribution in [0.4, 0.5) is 4.39 Å². The predicted molar refractivity (Wildman–Crippen MR) is 68.0 cm³/mol. The Morgan fingerprint density at radius 1 is 1.44 bits per heavy atom. The number of halogens is 1. The summed E-state index contributed by atoms with van der Waals surface area (Å²) in [7, 11) is 1.57. The SMILES string of the molecule is COCCN(CCN)C(=O)c1ccc(C)c(F)c1. The van der Waals surface area contributed by atoms with Crippen molar-refractivity contribution in [2.45, 2.75) is 6.92 Å². The number of benzene rings is 1. The van der Waals surface area contributed by atoms with Crippen molar-refractivity contribution in [2.75, 3.05) is 33.4 Å². The first-order valence-electron chi connectivity index (χ1n) is 5.84. The molecule has 0 radical (unpaired) electrons. The van der Waals surface area contributed by atoms with Gasteiger partial charge in [-0.3, -0.25) is 4.79 Å². The molecule has 100 valence electrons. The number of methoxy groups -OCH3 is 1. The highest BCUT2D eigenvalue weighted by molar-refractivity contribution is 5.94. The van der Waals surface area contributed by atoms with E-state index in [-0.39, 0.29) is 11.7 Å². The van der Waals surface area contributed by atoms with Crippen LogP contribution in [0.1, 0.15) is 15.9 Å². The normalized spacial score (nSPS) is 10.4. The maximum absolute atomic E-state index is 13.4. The lowest BCUT2D eigenvalue weighted by Gasteiger charge is -2.21. The van der Waals surface area contributed by atoms with Crippen molar-refractivity contribution >= 4 is 5.91 Å². The van der Waals surface area contributed by atoms with Crippen LogP contribution in [0.25, 0.3) is 0 Å². The van der Waals surface area contributed by atoms with Crippen LogP contribution in [0.15, 0.2) is 18.2 Å². The van der Waals surface area contributed by atoms with E-state index in [1.54, 1.807) is 31.1 Å². The van der Waals surface area contributed by atoms with Crippen molar-refractivity contribution in [1.29, 1.82) is 0 Å². The number of rotatable bonds is 6. The summed E-state index contributed by atoms with van der Waals surface area (Å²) in [5, 5.41) is 0. The van der Waals surface area contributed by atoms with Crippen LogP contribution < -0.4 is 5.73 Å². The van der Waals surface area contributed by atoms with Crippen molar-refractivity contribution in [3.05, 3.63) is 35.1 Å². The van der Waals surface area contributed by atoms with Crippen LogP contribution in [0.2, 0.25) is 0 Å². The molecule has 0 aliphatic rings. The fourth-order valence-electron chi connectivity index (χ4n) is 1.58. The van der Waals surface area contributed by atoms with Crippen molar-refractivity contribution < 1.29 is 13.9 Å². The van der Waals surface area contributed by atoms with E-state index in [0.717, 1.165) is 0 Å². The van der Waals surface area contributed by atoms with Gasteiger partial charge in [0, 0.05) is 32.3 Å². The van der Waals surface area contributed by atoms with Gasteiger partial charge in [-0.15, -0.1) is 0 Å². The molecule has 0 spiro atoms. The number of carbonyl (C=O) groups is 1. The average molecular weight is 254 g/mol. The minimum absolute atomic E-state index is 0.226. The fourth-order valence-corrected chi connectivity index (χ4v) is 1.58. The van der Waals surface area contributed by atoms with Gasteiger partial charge in [0.15, 0.2) is 0 Å². The van der Waals surface area contributed by atoms with Gasteiger partial charge < -0.3 is 15.4 Å². The van der Waals surface area contributed by atoms with Crippen molar-refractivity contribution in [1.82, 2.24) is 4.90 Å². The molecular formula is C13H19FN2O2. The quantitative estimate of drug-likeness (QED) is 0.829. The summed E-state index contributed by atoms with van der Waals surface area (Å²) in [4.78, 5) is 13.7. The Labute approximate surface area is 107 Å². The monoisotopic (exact) mass is 254 g/mol. The largest absolute Gasteiger partial charge is 0.383 e. The number of ether oxygens (including phenoxy) is 1. The van der Waals surface area contributed by atoms with Gasteiger partial charge in [-0.1, -0.05) is 6.07 Å². The van der Waals surface area contributed by atoms with Gasteiger partial charge in [-0.25, -0.2) is 4.39 Å². The number of nitrogens with zero attached hydrogens (tertiary/aromatic N) is 1. The number of hydrogen-bond donors (Lipinski definition) is 1. The summed E-state index contributed by atoms with van der Waals surface area (Å²) >= 11 is 0. The van der Waals surface area contributed by atoms with Crippen molar-refractivity contribution in [3.63, 3.8) is 0 Å². The summed E-state index contributed by atoms with van der Waals surface area (Å²) in [6, 6.07) is 4.48. The zero-order valence-corrected chi connectivity index (χ0v) is 10.8. The van der Waals surface area contributed by atoms with E-state index in [2.05, 4.69) is 0 Å². The van der Waals surface area contributed by atoms with E-state index in [0.29, 0.717) is 37.4 Å².